The smallest absolute Gasteiger partial charge is 0.180 e. The molecule has 0 aliphatic rings. The molecule has 0 aliphatic carbocycles. The van der Waals surface area contributed by atoms with Crippen LogP contribution in [0.3, 0.4) is 0 Å². The molecule has 0 saturated heterocycles. The topological polar surface area (TPSA) is 74.6 Å². The van der Waals surface area contributed by atoms with Crippen LogP contribution in [0.5, 0.6) is 0 Å². The summed E-state index contributed by atoms with van der Waals surface area (Å²) in [6, 6.07) is 24.5. The Hall–Kier alpha value is -4.65. The van der Waals surface area contributed by atoms with Crippen molar-refractivity contribution >= 4 is 11.1 Å². The maximum absolute atomic E-state index is 5.78. The number of hydrogen-bond donors (Lipinski definition) is 0. The van der Waals surface area contributed by atoms with Crippen LogP contribution >= 0.6 is 0 Å². The normalized spacial score (nSPS) is 10.7. The van der Waals surface area contributed by atoms with Crippen molar-refractivity contribution in [1.29, 1.82) is 0 Å². The van der Waals surface area contributed by atoms with Crippen molar-refractivity contribution in [3.05, 3.63) is 132 Å². The van der Waals surface area contributed by atoms with E-state index < -0.39 is 0 Å². The number of rotatable bonds is 4. The van der Waals surface area contributed by atoms with Gasteiger partial charge in [-0.3, -0.25) is 9.97 Å². The Morgan fingerprint density at radius 2 is 1.47 bits per heavy atom. The van der Waals surface area contributed by atoms with Crippen molar-refractivity contribution in [3.63, 3.8) is 0 Å². The van der Waals surface area contributed by atoms with E-state index in [2.05, 4.69) is 105 Å². The van der Waals surface area contributed by atoms with Gasteiger partial charge in [0.1, 0.15) is 0 Å². The summed E-state index contributed by atoms with van der Waals surface area (Å²) in [7, 11) is 0. The molecule has 0 spiro atoms. The van der Waals surface area contributed by atoms with Gasteiger partial charge in [0.2, 0.25) is 0 Å². The molecule has 7 rings (SSSR count). The van der Waals surface area contributed by atoms with E-state index in [1.54, 1.807) is 24.7 Å². The number of benzene rings is 3. The minimum atomic E-state index is 0. The summed E-state index contributed by atoms with van der Waals surface area (Å²) in [5, 5.41) is 0. The number of para-hydroxylation sites is 2. The van der Waals surface area contributed by atoms with Gasteiger partial charge in [-0.1, -0.05) is 54.4 Å². The fourth-order valence-corrected chi connectivity index (χ4v) is 5.29. The molecule has 217 valence electrons. The van der Waals surface area contributed by atoms with Crippen LogP contribution in [0, 0.1) is 46.8 Å². The van der Waals surface area contributed by atoms with Gasteiger partial charge >= 0.3 is 0 Å². The van der Waals surface area contributed by atoms with Crippen LogP contribution in [0.4, 0.5) is 0 Å². The minimum Gasteiger partial charge on any atom is -0.488 e. The summed E-state index contributed by atoms with van der Waals surface area (Å²) < 4.78 is 9.93. The first-order chi connectivity index (χ1) is 20.4. The fourth-order valence-electron chi connectivity index (χ4n) is 5.29. The van der Waals surface area contributed by atoms with Gasteiger partial charge in [0.05, 0.1) is 23.4 Å². The van der Waals surface area contributed by atoms with Gasteiger partial charge in [-0.2, -0.15) is 0 Å². The zero-order valence-corrected chi connectivity index (χ0v) is 27.0. The number of imidazole rings is 2. The molecule has 0 fully saturated rings. The summed E-state index contributed by atoms with van der Waals surface area (Å²) in [6.45, 7) is 10.3. The number of hydrogen-bond acceptors (Lipinski definition) is 5. The summed E-state index contributed by atoms with van der Waals surface area (Å²) in [4.78, 5) is 17.5. The van der Waals surface area contributed by atoms with Crippen LogP contribution in [0.25, 0.3) is 45.1 Å². The fraction of sp³-hybridized carbons (Fsp3) is 0.143. The average Bonchev–Trinajstić information content (AvgIpc) is 3.73. The molecular formula is C35H30IrN6O-2. The molecule has 7 nitrogen and oxygen atoms in total. The Labute approximate surface area is 264 Å². The Morgan fingerprint density at radius 3 is 2.14 bits per heavy atom. The van der Waals surface area contributed by atoms with E-state index in [0.717, 1.165) is 39.4 Å². The Kier molecular flexibility index (Phi) is 8.81. The number of fused-ring (bicyclic) bond motifs is 1. The first kappa shape index (κ1) is 29.8. The molecule has 1 radical (unpaired) electrons. The molecule has 0 bridgehead atoms. The molecule has 3 aromatic carbocycles. The Bertz CT molecular complexity index is 1960. The third kappa shape index (κ3) is 5.98. The molecule has 0 saturated carbocycles. The largest absolute Gasteiger partial charge is 0.488 e. The van der Waals surface area contributed by atoms with E-state index in [1.165, 1.54) is 27.9 Å². The summed E-state index contributed by atoms with van der Waals surface area (Å²) in [5.41, 5.74) is 11.4. The Morgan fingerprint density at radius 1 is 0.767 bits per heavy atom. The van der Waals surface area contributed by atoms with Crippen LogP contribution < -0.4 is 0 Å². The van der Waals surface area contributed by atoms with E-state index in [0.29, 0.717) is 5.89 Å². The summed E-state index contributed by atoms with van der Waals surface area (Å²) >= 11 is 0. The van der Waals surface area contributed by atoms with Crippen LogP contribution in [0.15, 0.2) is 96.3 Å². The third-order valence-electron chi connectivity index (χ3n) is 7.16. The number of nitrogens with zero attached hydrogens (tertiary/aromatic N) is 6. The second-order valence-electron chi connectivity index (χ2n) is 10.2. The average molecular weight is 743 g/mol. The zero-order chi connectivity index (χ0) is 29.2. The maximum atomic E-state index is 5.78. The van der Waals surface area contributed by atoms with Crippen LogP contribution in [0.1, 0.15) is 28.1 Å². The van der Waals surface area contributed by atoms with Gasteiger partial charge in [-0.25, -0.2) is 4.98 Å². The van der Waals surface area contributed by atoms with E-state index in [4.69, 9.17) is 4.42 Å². The molecular weight excluding hydrogens is 713 g/mol. The molecule has 0 aliphatic heterocycles. The molecule has 7 aromatic rings. The van der Waals surface area contributed by atoms with Gasteiger partial charge in [0, 0.05) is 56.3 Å². The van der Waals surface area contributed by atoms with Crippen LogP contribution in [-0.4, -0.2) is 29.1 Å². The number of aromatic nitrogens is 6. The Balaban J connectivity index is 0.000000170. The predicted octanol–water partition coefficient (Wildman–Crippen LogP) is 7.75. The van der Waals surface area contributed by atoms with Gasteiger partial charge < -0.3 is 18.5 Å². The van der Waals surface area contributed by atoms with Gasteiger partial charge in [-0.05, 0) is 56.1 Å². The predicted molar refractivity (Wildman–Crippen MR) is 165 cm³/mol. The van der Waals surface area contributed by atoms with Crippen molar-refractivity contribution in [3.8, 4) is 34.0 Å². The van der Waals surface area contributed by atoms with Gasteiger partial charge in [0.25, 0.3) is 0 Å². The number of oxazole rings is 1. The van der Waals surface area contributed by atoms with Gasteiger partial charge in [0.15, 0.2) is 5.89 Å². The molecule has 43 heavy (non-hydrogen) atoms. The first-order valence-corrected chi connectivity index (χ1v) is 13.7. The molecule has 0 N–H and O–H groups in total. The van der Waals surface area contributed by atoms with Crippen molar-refractivity contribution in [2.75, 3.05) is 0 Å². The standard InChI is InChI=1S/C19H16N3O.C16H14N3.Ir/c1-12-6-4-7-13(2)17(12)22-11-10-20-19(22)15-8-5-9-16-18(15)23-14(3)21-16;1-12-5-3-6-13(2)16(12)19-10-15(18-11-19)14-7-4-8-17-9-14;/h4-7,9-11H,1-3H3;3-6,8-11H,1-2H3;/q2*-1;. The van der Waals surface area contributed by atoms with Crippen molar-refractivity contribution in [2.24, 2.45) is 0 Å². The maximum Gasteiger partial charge on any atom is 0.180 e. The second kappa shape index (κ2) is 12.7. The SMILES string of the molecule is Cc1cccc(C)c1-n1cnc(-c2[c-]ccnc2)c1.Cc1nc2cc[c-]c(-c3nccn3-c3c(C)cccc3C)c2o1.[Ir]. The van der Waals surface area contributed by atoms with E-state index in [1.807, 2.05) is 37.8 Å². The molecule has 4 aromatic heterocycles. The van der Waals surface area contributed by atoms with Crippen molar-refractivity contribution < 1.29 is 24.5 Å². The van der Waals surface area contributed by atoms with E-state index in [-0.39, 0.29) is 20.1 Å². The van der Waals surface area contributed by atoms with Gasteiger partial charge in [-0.15, -0.1) is 35.9 Å². The molecule has 8 heteroatoms. The molecule has 0 atom stereocenters. The van der Waals surface area contributed by atoms with Crippen molar-refractivity contribution in [2.45, 2.75) is 34.6 Å². The summed E-state index contributed by atoms with van der Waals surface area (Å²) in [5.74, 6) is 1.45. The minimum absolute atomic E-state index is 0. The second-order valence-corrected chi connectivity index (χ2v) is 10.2. The molecule has 4 heterocycles. The quantitative estimate of drug-likeness (QED) is 0.173. The van der Waals surface area contributed by atoms with Crippen molar-refractivity contribution in [1.82, 2.24) is 29.1 Å². The molecule has 0 amide bonds. The third-order valence-corrected chi connectivity index (χ3v) is 7.16. The number of aryl methyl sites for hydroxylation is 5. The first-order valence-electron chi connectivity index (χ1n) is 13.7. The van der Waals surface area contributed by atoms with Crippen LogP contribution in [0.2, 0.25) is 0 Å². The molecule has 0 unspecified atom stereocenters. The zero-order valence-electron chi connectivity index (χ0n) is 24.6. The summed E-state index contributed by atoms with van der Waals surface area (Å²) in [6.07, 6.45) is 11.1. The van der Waals surface area contributed by atoms with E-state index >= 15 is 0 Å². The van der Waals surface area contributed by atoms with E-state index in [9.17, 15) is 0 Å². The number of pyridine rings is 1. The van der Waals surface area contributed by atoms with Crippen LogP contribution in [-0.2, 0) is 20.1 Å². The monoisotopic (exact) mass is 743 g/mol.